The van der Waals surface area contributed by atoms with Crippen LogP contribution in [0.4, 0.5) is 5.69 Å². The second kappa shape index (κ2) is 12.3. The van der Waals surface area contributed by atoms with Gasteiger partial charge in [0.1, 0.15) is 29.2 Å². The molecule has 1 aliphatic rings. The maximum Gasteiger partial charge on any atom is 0.227 e. The summed E-state index contributed by atoms with van der Waals surface area (Å²) in [6, 6.07) is 14.3. The van der Waals surface area contributed by atoms with Gasteiger partial charge in [-0.05, 0) is 62.7 Å². The predicted molar refractivity (Wildman–Crippen MR) is 158 cm³/mol. The average Bonchev–Trinajstić information content (AvgIpc) is 3.42. The zero-order valence-electron chi connectivity index (χ0n) is 22.6. The number of carbonyl (C=O) groups excluding carboxylic acids is 1. The van der Waals surface area contributed by atoms with Gasteiger partial charge in [-0.2, -0.15) is 0 Å². The van der Waals surface area contributed by atoms with Crippen molar-refractivity contribution in [3.05, 3.63) is 86.8 Å². The molecular weight excluding hydrogens is 548 g/mol. The number of halogens is 1. The van der Waals surface area contributed by atoms with E-state index in [-0.39, 0.29) is 12.3 Å². The van der Waals surface area contributed by atoms with E-state index in [0.29, 0.717) is 48.6 Å². The van der Waals surface area contributed by atoms with Gasteiger partial charge in [0.15, 0.2) is 5.82 Å². The van der Waals surface area contributed by atoms with Gasteiger partial charge in [-0.1, -0.05) is 23.7 Å². The molecule has 3 heterocycles. The van der Waals surface area contributed by atoms with E-state index in [2.05, 4.69) is 29.4 Å². The van der Waals surface area contributed by atoms with Gasteiger partial charge >= 0.3 is 0 Å². The number of fused-ring (bicyclic) bond motifs is 3. The van der Waals surface area contributed by atoms with Crippen LogP contribution in [0.25, 0.3) is 5.00 Å². The number of hydrogen-bond acceptors (Lipinski definition) is 8. The van der Waals surface area contributed by atoms with E-state index < -0.39 is 6.04 Å². The van der Waals surface area contributed by atoms with Crippen LogP contribution >= 0.6 is 22.9 Å². The number of nitrogens with zero attached hydrogens (tertiary/aromatic N) is 4. The van der Waals surface area contributed by atoms with E-state index in [0.717, 1.165) is 33.2 Å². The number of amides is 1. The molecule has 5 rings (SSSR count). The van der Waals surface area contributed by atoms with Crippen molar-refractivity contribution in [2.24, 2.45) is 10.7 Å². The van der Waals surface area contributed by atoms with Crippen LogP contribution in [0.5, 0.6) is 5.75 Å². The molecule has 3 N–H and O–H groups in total. The summed E-state index contributed by atoms with van der Waals surface area (Å²) in [4.78, 5) is 19.6. The Labute approximate surface area is 242 Å². The molecule has 2 aromatic carbocycles. The van der Waals surface area contributed by atoms with Gasteiger partial charge in [-0.25, -0.2) is 0 Å². The lowest BCUT2D eigenvalue weighted by Gasteiger charge is -2.13. The van der Waals surface area contributed by atoms with E-state index in [1.807, 2.05) is 47.9 Å². The molecule has 1 aliphatic heterocycles. The van der Waals surface area contributed by atoms with E-state index in [4.69, 9.17) is 31.8 Å². The number of thiophene rings is 1. The fourth-order valence-corrected chi connectivity index (χ4v) is 5.90. The highest BCUT2D eigenvalue weighted by Crippen LogP contribution is 2.39. The highest BCUT2D eigenvalue weighted by molar-refractivity contribution is 7.15. The van der Waals surface area contributed by atoms with Crippen LogP contribution in [0, 0.1) is 20.8 Å². The molecule has 0 spiro atoms. The van der Waals surface area contributed by atoms with Crippen LogP contribution < -0.4 is 15.8 Å². The Hall–Kier alpha value is -3.57. The van der Waals surface area contributed by atoms with Gasteiger partial charge in [0.05, 0.1) is 25.3 Å². The molecule has 2 aromatic heterocycles. The Morgan fingerprint density at radius 2 is 1.80 bits per heavy atom. The van der Waals surface area contributed by atoms with Crippen molar-refractivity contribution in [1.82, 2.24) is 14.8 Å². The lowest BCUT2D eigenvalue weighted by molar-refractivity contribution is -0.116. The Balaban J connectivity index is 1.39. The summed E-state index contributed by atoms with van der Waals surface area (Å²) in [6.07, 6.45) is 0.0962. The third-order valence-corrected chi connectivity index (χ3v) is 8.08. The molecule has 9 nitrogen and oxygen atoms in total. The number of ether oxygens (including phenoxy) is 2. The fourth-order valence-electron chi connectivity index (χ4n) is 4.56. The standard InChI is InChI=1S/C29H31ClN6O3S/c1-17-18(2)40-29-26(17)27(20-4-6-21(30)7-5-20)33-24(28-35-34-19(3)36(28)29)16-25(37)32-22-8-10-23(11-9-22)39-15-14-38-13-12-31/h4-11,24H,12-16,31H2,1-3H3,(H,32,37)/t24-/m0/s1. The zero-order chi connectivity index (χ0) is 28.2. The largest absolute Gasteiger partial charge is 0.491 e. The monoisotopic (exact) mass is 578 g/mol. The molecule has 0 fully saturated rings. The summed E-state index contributed by atoms with van der Waals surface area (Å²) < 4.78 is 13.0. The second-order valence-corrected chi connectivity index (χ2v) is 11.1. The summed E-state index contributed by atoms with van der Waals surface area (Å²) in [5.41, 5.74) is 9.99. The first-order valence-electron chi connectivity index (χ1n) is 13.0. The zero-order valence-corrected chi connectivity index (χ0v) is 24.2. The number of aryl methyl sites for hydroxylation is 2. The SMILES string of the molecule is Cc1sc2c(c1C)C(c1ccc(Cl)cc1)=N[C@@H](CC(=O)Nc1ccc(OCCOCCN)cc1)c1nnc(C)n1-2. The van der Waals surface area contributed by atoms with E-state index in [1.54, 1.807) is 23.5 Å². The summed E-state index contributed by atoms with van der Waals surface area (Å²) >= 11 is 7.87. The Bertz CT molecular complexity index is 1530. The van der Waals surface area contributed by atoms with Gasteiger partial charge in [0, 0.05) is 33.3 Å². The molecule has 208 valence electrons. The number of nitrogens with one attached hydrogen (secondary N) is 1. The number of hydrogen-bond donors (Lipinski definition) is 2. The van der Waals surface area contributed by atoms with E-state index in [1.165, 1.54) is 4.88 Å². The quantitative estimate of drug-likeness (QED) is 0.250. The maximum atomic E-state index is 13.3. The number of rotatable bonds is 10. The minimum atomic E-state index is -0.540. The fraction of sp³-hybridized carbons (Fsp3) is 0.310. The molecule has 40 heavy (non-hydrogen) atoms. The molecule has 11 heteroatoms. The molecule has 1 amide bonds. The van der Waals surface area contributed by atoms with Crippen LogP contribution in [-0.2, 0) is 9.53 Å². The van der Waals surface area contributed by atoms with Crippen molar-refractivity contribution in [2.75, 3.05) is 31.7 Å². The molecule has 0 radical (unpaired) electrons. The maximum absolute atomic E-state index is 13.3. The number of benzene rings is 2. The van der Waals surface area contributed by atoms with Gasteiger partial charge < -0.3 is 20.5 Å². The van der Waals surface area contributed by atoms with Crippen molar-refractivity contribution >= 4 is 40.2 Å². The Morgan fingerprint density at radius 1 is 1.05 bits per heavy atom. The molecular formula is C29H31ClN6O3S. The number of carbonyl (C=O) groups is 1. The number of aromatic nitrogens is 3. The molecule has 0 saturated heterocycles. The summed E-state index contributed by atoms with van der Waals surface area (Å²) in [6.45, 7) is 7.99. The lowest BCUT2D eigenvalue weighted by atomic mass is 9.99. The summed E-state index contributed by atoms with van der Waals surface area (Å²) in [7, 11) is 0. The molecule has 0 unspecified atom stereocenters. The average molecular weight is 579 g/mol. The first-order valence-corrected chi connectivity index (χ1v) is 14.2. The minimum absolute atomic E-state index is 0.0962. The third kappa shape index (κ3) is 5.95. The Morgan fingerprint density at radius 3 is 2.52 bits per heavy atom. The van der Waals surface area contributed by atoms with Crippen LogP contribution in [0.2, 0.25) is 5.02 Å². The topological polar surface area (TPSA) is 117 Å². The van der Waals surface area contributed by atoms with Crippen molar-refractivity contribution in [3.8, 4) is 10.8 Å². The van der Waals surface area contributed by atoms with Crippen molar-refractivity contribution < 1.29 is 14.3 Å². The predicted octanol–water partition coefficient (Wildman–Crippen LogP) is 5.18. The van der Waals surface area contributed by atoms with E-state index in [9.17, 15) is 4.79 Å². The first kappa shape index (κ1) is 28.0. The van der Waals surface area contributed by atoms with Crippen molar-refractivity contribution in [1.29, 1.82) is 0 Å². The smallest absolute Gasteiger partial charge is 0.227 e. The van der Waals surface area contributed by atoms with Crippen molar-refractivity contribution in [2.45, 2.75) is 33.2 Å². The summed E-state index contributed by atoms with van der Waals surface area (Å²) in [5.74, 6) is 1.90. The van der Waals surface area contributed by atoms with Gasteiger partial charge in [-0.3, -0.25) is 14.4 Å². The molecule has 0 aliphatic carbocycles. The number of anilines is 1. The van der Waals surface area contributed by atoms with Gasteiger partial charge in [0.25, 0.3) is 0 Å². The normalized spacial score (nSPS) is 14.2. The van der Waals surface area contributed by atoms with Crippen LogP contribution in [-0.4, -0.2) is 52.7 Å². The Kier molecular flexibility index (Phi) is 8.60. The lowest BCUT2D eigenvalue weighted by Crippen LogP contribution is -2.17. The number of nitrogens with two attached hydrogens (primary N) is 1. The van der Waals surface area contributed by atoms with Crippen molar-refractivity contribution in [3.63, 3.8) is 0 Å². The van der Waals surface area contributed by atoms with Crippen LogP contribution in [0.15, 0.2) is 53.5 Å². The van der Waals surface area contributed by atoms with Gasteiger partial charge in [-0.15, -0.1) is 21.5 Å². The number of aliphatic imine (C=N–C) groups is 1. The molecule has 0 bridgehead atoms. The van der Waals surface area contributed by atoms with Gasteiger partial charge in [0.2, 0.25) is 5.91 Å². The highest BCUT2D eigenvalue weighted by Gasteiger charge is 2.32. The summed E-state index contributed by atoms with van der Waals surface area (Å²) in [5, 5.41) is 13.5. The molecule has 1 atom stereocenters. The molecule has 0 saturated carbocycles. The minimum Gasteiger partial charge on any atom is -0.491 e. The second-order valence-electron chi connectivity index (χ2n) is 9.43. The first-order chi connectivity index (χ1) is 19.4. The van der Waals surface area contributed by atoms with Crippen LogP contribution in [0.3, 0.4) is 0 Å². The van der Waals surface area contributed by atoms with Crippen LogP contribution in [0.1, 0.15) is 45.7 Å². The third-order valence-electron chi connectivity index (χ3n) is 6.63. The highest BCUT2D eigenvalue weighted by atomic mass is 35.5. The van der Waals surface area contributed by atoms with E-state index >= 15 is 0 Å². The molecule has 4 aromatic rings.